The Kier molecular flexibility index (Phi) is 5.80. The van der Waals surface area contributed by atoms with E-state index in [9.17, 15) is 0 Å². The molecule has 0 saturated carbocycles. The highest BCUT2D eigenvalue weighted by Crippen LogP contribution is 2.51. The highest BCUT2D eigenvalue weighted by Gasteiger charge is 2.28. The molecule has 1 aliphatic rings. The van der Waals surface area contributed by atoms with Crippen LogP contribution >= 0.6 is 0 Å². The topological polar surface area (TPSA) is 32.9 Å². The quantitative estimate of drug-likeness (QED) is 0.196. The lowest BCUT2D eigenvalue weighted by atomic mass is 9.89. The van der Waals surface area contributed by atoms with E-state index >= 15 is 0 Å². The number of benzene rings is 6. The van der Waals surface area contributed by atoms with Crippen LogP contribution in [0.5, 0.6) is 0 Å². The highest BCUT2D eigenvalue weighted by molar-refractivity contribution is 6.19. The van der Waals surface area contributed by atoms with Gasteiger partial charge in [0, 0.05) is 40.7 Å². The van der Waals surface area contributed by atoms with E-state index in [1.54, 1.807) is 13.2 Å². The molecule has 0 fully saturated rings. The second kappa shape index (κ2) is 9.97. The van der Waals surface area contributed by atoms with Crippen LogP contribution in [0.15, 0.2) is 149 Å². The number of hydrogen-bond donors (Lipinski definition) is 0. The van der Waals surface area contributed by atoms with Gasteiger partial charge in [0.05, 0.1) is 34.3 Å². The Hall–Kier alpha value is -5.74. The average molecular weight is 553 g/mol. The largest absolute Gasteiger partial charge is 0.309 e. The van der Waals surface area contributed by atoms with Gasteiger partial charge in [-0.25, -0.2) is 0 Å². The summed E-state index contributed by atoms with van der Waals surface area (Å²) in [7, 11) is 1.79. The Morgan fingerprint density at radius 3 is 2.16 bits per heavy atom. The van der Waals surface area contributed by atoms with Crippen molar-refractivity contribution in [3.05, 3.63) is 139 Å². The summed E-state index contributed by atoms with van der Waals surface area (Å²) >= 11 is 0. The molecular formula is C39H28N4. The van der Waals surface area contributed by atoms with Crippen LogP contribution in [0.2, 0.25) is 0 Å². The van der Waals surface area contributed by atoms with Crippen molar-refractivity contribution in [2.24, 2.45) is 9.98 Å². The van der Waals surface area contributed by atoms with Crippen molar-refractivity contribution in [3.8, 4) is 27.9 Å². The first-order valence-corrected chi connectivity index (χ1v) is 14.4. The summed E-state index contributed by atoms with van der Waals surface area (Å²) in [6, 6.07) is 45.8. The number of anilines is 2. The number of aliphatic imine (C=N–C) groups is 2. The Labute approximate surface area is 250 Å². The van der Waals surface area contributed by atoms with Crippen LogP contribution in [0.25, 0.3) is 60.5 Å². The maximum Gasteiger partial charge on any atom is 0.0824 e. The van der Waals surface area contributed by atoms with E-state index in [4.69, 9.17) is 0 Å². The van der Waals surface area contributed by atoms with Crippen molar-refractivity contribution >= 4 is 56.9 Å². The van der Waals surface area contributed by atoms with Crippen LogP contribution in [0.4, 0.5) is 11.4 Å². The first kappa shape index (κ1) is 25.0. The lowest BCUT2D eigenvalue weighted by molar-refractivity contribution is 1.17. The van der Waals surface area contributed by atoms with Gasteiger partial charge in [-0.15, -0.1) is 0 Å². The number of rotatable bonds is 5. The molecule has 1 aliphatic heterocycles. The van der Waals surface area contributed by atoms with E-state index in [1.165, 1.54) is 49.3 Å². The molecule has 0 amide bonds. The second-order valence-electron chi connectivity index (χ2n) is 10.8. The molecule has 0 bridgehead atoms. The number of aromatic nitrogens is 1. The molecule has 4 nitrogen and oxygen atoms in total. The molecule has 43 heavy (non-hydrogen) atoms. The first-order valence-electron chi connectivity index (χ1n) is 14.4. The monoisotopic (exact) mass is 552 g/mol. The minimum atomic E-state index is 0.855. The highest BCUT2D eigenvalue weighted by atomic mass is 15.2. The predicted molar refractivity (Wildman–Crippen MR) is 183 cm³/mol. The van der Waals surface area contributed by atoms with Gasteiger partial charge in [-0.1, -0.05) is 84.9 Å². The van der Waals surface area contributed by atoms with Gasteiger partial charge in [-0.2, -0.15) is 0 Å². The molecule has 0 radical (unpaired) electrons. The smallest absolute Gasteiger partial charge is 0.0824 e. The third-order valence-corrected chi connectivity index (χ3v) is 8.40. The van der Waals surface area contributed by atoms with E-state index in [0.29, 0.717) is 0 Å². The molecule has 0 saturated heterocycles. The number of para-hydroxylation sites is 1. The normalized spacial score (nSPS) is 12.9. The summed E-state index contributed by atoms with van der Waals surface area (Å²) in [5, 5.41) is 4.85. The molecule has 0 N–H and O–H groups in total. The van der Waals surface area contributed by atoms with Crippen LogP contribution in [-0.4, -0.2) is 24.5 Å². The van der Waals surface area contributed by atoms with E-state index in [1.807, 2.05) is 6.21 Å². The summed E-state index contributed by atoms with van der Waals surface area (Å²) in [5.41, 5.74) is 11.3. The molecule has 4 heteroatoms. The molecule has 204 valence electrons. The van der Waals surface area contributed by atoms with Crippen molar-refractivity contribution in [3.63, 3.8) is 0 Å². The maximum absolute atomic E-state index is 4.40. The van der Waals surface area contributed by atoms with Gasteiger partial charge in [-0.05, 0) is 71.3 Å². The zero-order valence-corrected chi connectivity index (χ0v) is 23.8. The Morgan fingerprint density at radius 1 is 0.651 bits per heavy atom. The van der Waals surface area contributed by atoms with E-state index in [-0.39, 0.29) is 0 Å². The molecule has 7 aromatic rings. The van der Waals surface area contributed by atoms with Gasteiger partial charge >= 0.3 is 0 Å². The van der Waals surface area contributed by atoms with Crippen molar-refractivity contribution in [1.82, 2.24) is 4.57 Å². The zero-order valence-electron chi connectivity index (χ0n) is 23.8. The molecular weight excluding hydrogens is 524 g/mol. The number of nitrogens with zero attached hydrogens (tertiary/aromatic N) is 4. The Balaban J connectivity index is 1.52. The Bertz CT molecular complexity index is 2250. The van der Waals surface area contributed by atoms with Crippen LogP contribution < -0.4 is 4.90 Å². The van der Waals surface area contributed by atoms with Crippen molar-refractivity contribution in [1.29, 1.82) is 0 Å². The van der Waals surface area contributed by atoms with Crippen LogP contribution in [0.1, 0.15) is 0 Å². The van der Waals surface area contributed by atoms with Crippen LogP contribution in [0.3, 0.4) is 0 Å². The molecule has 0 unspecified atom stereocenters. The van der Waals surface area contributed by atoms with Crippen LogP contribution in [-0.2, 0) is 0 Å². The SMILES string of the molecule is C=N/C=C(\C=NC)N1c2cc3c(cc2-c2cccc4cccc1c24)c1cc(-c2ccccc2)ccc1n3-c1ccccc1. The summed E-state index contributed by atoms with van der Waals surface area (Å²) < 4.78 is 2.38. The molecule has 0 spiro atoms. The second-order valence-corrected chi connectivity index (χ2v) is 10.8. The maximum atomic E-state index is 4.40. The minimum Gasteiger partial charge on any atom is -0.309 e. The van der Waals surface area contributed by atoms with Gasteiger partial charge in [-0.3, -0.25) is 9.98 Å². The lowest BCUT2D eigenvalue weighted by Crippen LogP contribution is -2.21. The fourth-order valence-corrected chi connectivity index (χ4v) is 6.64. The van der Waals surface area contributed by atoms with Crippen LogP contribution in [0, 0.1) is 0 Å². The van der Waals surface area contributed by atoms with Gasteiger partial charge in [0.2, 0.25) is 0 Å². The van der Waals surface area contributed by atoms with E-state index in [0.717, 1.165) is 28.3 Å². The fourth-order valence-electron chi connectivity index (χ4n) is 6.64. The summed E-state index contributed by atoms with van der Waals surface area (Å²) in [5.74, 6) is 0. The van der Waals surface area contributed by atoms with Crippen molar-refractivity contribution in [2.45, 2.75) is 0 Å². The third-order valence-electron chi connectivity index (χ3n) is 8.40. The molecule has 8 rings (SSSR count). The van der Waals surface area contributed by atoms with Crippen molar-refractivity contribution < 1.29 is 0 Å². The zero-order chi connectivity index (χ0) is 28.9. The standard InChI is InChI=1S/C39H28N4/c1-40-24-30(25-41-2)43-36-18-10-14-27-13-9-17-31(39(27)36)33-22-34-32-21-28(26-11-5-3-6-12-26)19-20-35(32)42(38(34)23-37(33)43)29-15-7-4-8-16-29/h3-25H,1H2,2H3/b30-24+,41-25?. The van der Waals surface area contributed by atoms with Gasteiger partial charge < -0.3 is 9.47 Å². The predicted octanol–water partition coefficient (Wildman–Crippen LogP) is 9.96. The lowest BCUT2D eigenvalue weighted by Gasteiger charge is -2.33. The average Bonchev–Trinajstić information content (AvgIpc) is 3.38. The van der Waals surface area contributed by atoms with Crippen molar-refractivity contribution in [2.75, 3.05) is 11.9 Å². The Morgan fingerprint density at radius 2 is 1.40 bits per heavy atom. The summed E-state index contributed by atoms with van der Waals surface area (Å²) in [4.78, 5) is 10.8. The minimum absolute atomic E-state index is 0.855. The molecule has 0 atom stereocenters. The van der Waals surface area contributed by atoms with E-state index in [2.05, 4.69) is 154 Å². The van der Waals surface area contributed by atoms with Gasteiger partial charge in [0.25, 0.3) is 0 Å². The third kappa shape index (κ3) is 3.84. The fraction of sp³-hybridized carbons (Fsp3) is 0.0256. The summed E-state index contributed by atoms with van der Waals surface area (Å²) in [6.07, 6.45) is 3.64. The number of fused-ring (bicyclic) bond motifs is 5. The van der Waals surface area contributed by atoms with Gasteiger partial charge in [0.15, 0.2) is 0 Å². The number of hydrogen-bond acceptors (Lipinski definition) is 3. The number of allylic oxidation sites excluding steroid dienone is 1. The molecule has 0 aliphatic carbocycles. The van der Waals surface area contributed by atoms with E-state index < -0.39 is 0 Å². The first-order chi connectivity index (χ1) is 21.3. The molecule has 6 aromatic carbocycles. The molecule has 1 aromatic heterocycles. The summed E-state index contributed by atoms with van der Waals surface area (Å²) in [6.45, 7) is 3.77. The molecule has 2 heterocycles. The van der Waals surface area contributed by atoms with Gasteiger partial charge in [0.1, 0.15) is 0 Å².